The summed E-state index contributed by atoms with van der Waals surface area (Å²) in [4.78, 5) is 6.79. The highest BCUT2D eigenvalue weighted by Gasteiger charge is 2.03. The fourth-order valence-corrected chi connectivity index (χ4v) is 2.11. The van der Waals surface area contributed by atoms with Crippen molar-refractivity contribution in [3.63, 3.8) is 0 Å². The van der Waals surface area contributed by atoms with E-state index in [-0.39, 0.29) is 0 Å². The van der Waals surface area contributed by atoms with E-state index in [4.69, 9.17) is 18.0 Å². The van der Waals surface area contributed by atoms with Crippen LogP contribution in [0.4, 0.5) is 0 Å². The zero-order chi connectivity index (χ0) is 12.7. The van der Waals surface area contributed by atoms with Crippen molar-refractivity contribution < 1.29 is 0 Å². The fourth-order valence-electron chi connectivity index (χ4n) is 1.58. The highest BCUT2D eigenvalue weighted by Crippen LogP contribution is 2.06. The van der Waals surface area contributed by atoms with Crippen molar-refractivity contribution in [2.75, 3.05) is 25.6 Å². The van der Waals surface area contributed by atoms with Gasteiger partial charge in [-0.1, -0.05) is 12.2 Å². The van der Waals surface area contributed by atoms with Gasteiger partial charge in [0.05, 0.1) is 5.69 Å². The predicted molar refractivity (Wildman–Crippen MR) is 79.5 cm³/mol. The molecule has 0 unspecified atom stereocenters. The molecule has 0 atom stereocenters. The SMILES string of the molecule is CSCCCN(C)Cc1ccnc(C(N)=S)c1. The summed E-state index contributed by atoms with van der Waals surface area (Å²) in [5.74, 6) is 1.21. The third-order valence-corrected chi connectivity index (χ3v) is 3.32. The lowest BCUT2D eigenvalue weighted by molar-refractivity contribution is 0.328. The minimum atomic E-state index is 0.358. The number of nitrogens with zero attached hydrogens (tertiary/aromatic N) is 2. The van der Waals surface area contributed by atoms with Gasteiger partial charge < -0.3 is 10.6 Å². The molecule has 0 spiro atoms. The summed E-state index contributed by atoms with van der Waals surface area (Å²) in [6.45, 7) is 2.01. The van der Waals surface area contributed by atoms with Crippen LogP contribution in [0, 0.1) is 0 Å². The average molecular weight is 269 g/mol. The summed E-state index contributed by atoms with van der Waals surface area (Å²) in [6, 6.07) is 3.97. The van der Waals surface area contributed by atoms with E-state index < -0.39 is 0 Å². The van der Waals surface area contributed by atoms with Crippen molar-refractivity contribution >= 4 is 29.0 Å². The largest absolute Gasteiger partial charge is 0.388 e. The second-order valence-corrected chi connectivity index (χ2v) is 5.42. The minimum Gasteiger partial charge on any atom is -0.388 e. The summed E-state index contributed by atoms with van der Waals surface area (Å²) >= 11 is 6.81. The molecule has 1 aromatic rings. The van der Waals surface area contributed by atoms with Crippen LogP contribution in [0.15, 0.2) is 18.3 Å². The molecule has 0 aliphatic heterocycles. The Morgan fingerprint density at radius 2 is 2.35 bits per heavy atom. The Kier molecular flexibility index (Phi) is 6.47. The van der Waals surface area contributed by atoms with Crippen LogP contribution in [0.25, 0.3) is 0 Å². The molecule has 1 heterocycles. The maximum atomic E-state index is 5.56. The first-order chi connectivity index (χ1) is 8.13. The van der Waals surface area contributed by atoms with Crippen LogP contribution in [0.1, 0.15) is 17.7 Å². The van der Waals surface area contributed by atoms with Gasteiger partial charge in [0, 0.05) is 12.7 Å². The van der Waals surface area contributed by atoms with Gasteiger partial charge in [-0.05, 0) is 49.7 Å². The monoisotopic (exact) mass is 269 g/mol. The summed E-state index contributed by atoms with van der Waals surface area (Å²) in [5, 5.41) is 0. The van der Waals surface area contributed by atoms with Gasteiger partial charge in [-0.3, -0.25) is 4.98 Å². The van der Waals surface area contributed by atoms with E-state index in [0.29, 0.717) is 10.7 Å². The van der Waals surface area contributed by atoms with E-state index >= 15 is 0 Å². The number of thioether (sulfide) groups is 1. The van der Waals surface area contributed by atoms with Crippen LogP contribution >= 0.6 is 24.0 Å². The van der Waals surface area contributed by atoms with E-state index in [2.05, 4.69) is 23.2 Å². The summed E-state index contributed by atoms with van der Waals surface area (Å²) < 4.78 is 0. The lowest BCUT2D eigenvalue weighted by atomic mass is 10.2. The number of hydrogen-bond acceptors (Lipinski definition) is 4. The number of hydrogen-bond donors (Lipinski definition) is 1. The maximum absolute atomic E-state index is 5.56. The number of nitrogens with two attached hydrogens (primary N) is 1. The van der Waals surface area contributed by atoms with Crippen molar-refractivity contribution in [2.45, 2.75) is 13.0 Å². The molecule has 0 amide bonds. The topological polar surface area (TPSA) is 42.2 Å². The van der Waals surface area contributed by atoms with Crippen LogP contribution in [0.3, 0.4) is 0 Å². The Bertz CT molecular complexity index is 369. The summed E-state index contributed by atoms with van der Waals surface area (Å²) in [6.07, 6.45) is 5.11. The van der Waals surface area contributed by atoms with E-state index in [1.807, 2.05) is 23.9 Å². The van der Waals surface area contributed by atoms with Gasteiger partial charge in [-0.2, -0.15) is 11.8 Å². The Labute approximate surface area is 113 Å². The third-order valence-electron chi connectivity index (χ3n) is 2.42. The molecule has 17 heavy (non-hydrogen) atoms. The van der Waals surface area contributed by atoms with Crippen molar-refractivity contribution in [2.24, 2.45) is 5.73 Å². The molecule has 0 bridgehead atoms. The zero-order valence-corrected chi connectivity index (χ0v) is 12.0. The standard InChI is InChI=1S/C12H19N3S2/c1-15(6-3-7-17-2)9-10-4-5-14-11(8-10)12(13)16/h4-5,8H,3,6-7,9H2,1-2H3,(H2,13,16). The molecule has 0 radical (unpaired) electrons. The Morgan fingerprint density at radius 1 is 1.59 bits per heavy atom. The highest BCUT2D eigenvalue weighted by molar-refractivity contribution is 7.98. The molecule has 0 saturated heterocycles. The smallest absolute Gasteiger partial charge is 0.122 e. The van der Waals surface area contributed by atoms with E-state index in [9.17, 15) is 0 Å². The molecule has 0 aliphatic carbocycles. The maximum Gasteiger partial charge on any atom is 0.122 e. The van der Waals surface area contributed by atoms with Gasteiger partial charge in [0.2, 0.25) is 0 Å². The quantitative estimate of drug-likeness (QED) is 0.605. The van der Waals surface area contributed by atoms with Gasteiger partial charge >= 0.3 is 0 Å². The minimum absolute atomic E-state index is 0.358. The van der Waals surface area contributed by atoms with E-state index in [1.165, 1.54) is 17.7 Å². The number of rotatable bonds is 7. The molecular weight excluding hydrogens is 250 g/mol. The molecule has 3 nitrogen and oxygen atoms in total. The normalized spacial score (nSPS) is 10.8. The van der Waals surface area contributed by atoms with Crippen LogP contribution in [0.2, 0.25) is 0 Å². The lowest BCUT2D eigenvalue weighted by Crippen LogP contribution is -2.20. The fraction of sp³-hybridized carbons (Fsp3) is 0.500. The van der Waals surface area contributed by atoms with Crippen molar-refractivity contribution in [3.8, 4) is 0 Å². The third kappa shape index (κ3) is 5.48. The van der Waals surface area contributed by atoms with Crippen molar-refractivity contribution in [3.05, 3.63) is 29.6 Å². The van der Waals surface area contributed by atoms with E-state index in [0.717, 1.165) is 13.1 Å². The molecule has 0 saturated carbocycles. The van der Waals surface area contributed by atoms with Gasteiger partial charge in [-0.25, -0.2) is 0 Å². The number of thiocarbonyl (C=S) groups is 1. The second kappa shape index (κ2) is 7.63. The van der Waals surface area contributed by atoms with Gasteiger partial charge in [0.15, 0.2) is 0 Å². The first-order valence-electron chi connectivity index (χ1n) is 5.55. The highest BCUT2D eigenvalue weighted by atomic mass is 32.2. The van der Waals surface area contributed by atoms with Crippen LogP contribution in [-0.2, 0) is 6.54 Å². The molecule has 2 N–H and O–H groups in total. The van der Waals surface area contributed by atoms with Crippen LogP contribution in [0.5, 0.6) is 0 Å². The van der Waals surface area contributed by atoms with Crippen LogP contribution < -0.4 is 5.73 Å². The zero-order valence-electron chi connectivity index (χ0n) is 10.3. The first kappa shape index (κ1) is 14.4. The Morgan fingerprint density at radius 3 is 3.00 bits per heavy atom. The Hall–Kier alpha value is -0.650. The molecule has 0 fully saturated rings. The van der Waals surface area contributed by atoms with Crippen molar-refractivity contribution in [1.82, 2.24) is 9.88 Å². The molecule has 94 valence electrons. The first-order valence-corrected chi connectivity index (χ1v) is 7.36. The Balaban J connectivity index is 2.50. The lowest BCUT2D eigenvalue weighted by Gasteiger charge is -2.16. The number of aromatic nitrogens is 1. The van der Waals surface area contributed by atoms with Crippen LogP contribution in [-0.4, -0.2) is 40.5 Å². The second-order valence-electron chi connectivity index (χ2n) is 4.00. The van der Waals surface area contributed by atoms with E-state index in [1.54, 1.807) is 6.20 Å². The molecule has 5 heteroatoms. The molecule has 0 aliphatic rings. The van der Waals surface area contributed by atoms with Gasteiger partial charge in [0.25, 0.3) is 0 Å². The number of pyridine rings is 1. The van der Waals surface area contributed by atoms with Gasteiger partial charge in [-0.15, -0.1) is 0 Å². The average Bonchev–Trinajstić information content (AvgIpc) is 2.29. The van der Waals surface area contributed by atoms with Crippen molar-refractivity contribution in [1.29, 1.82) is 0 Å². The molecule has 1 aromatic heterocycles. The summed E-state index contributed by atoms with van der Waals surface area (Å²) in [5.41, 5.74) is 7.47. The molecular formula is C12H19N3S2. The summed E-state index contributed by atoms with van der Waals surface area (Å²) in [7, 11) is 2.13. The molecule has 0 aromatic carbocycles. The predicted octanol–water partition coefficient (Wildman–Crippen LogP) is 1.90. The van der Waals surface area contributed by atoms with Gasteiger partial charge in [0.1, 0.15) is 4.99 Å². The molecule has 1 rings (SSSR count).